The molecular weight excluding hydrogens is 164 g/mol. The summed E-state index contributed by atoms with van der Waals surface area (Å²) >= 11 is 0. The third-order valence-electron chi connectivity index (χ3n) is 1.31. The highest BCUT2D eigenvalue weighted by Gasteiger charge is 2.31. The Kier molecular flexibility index (Phi) is 2.27. The number of carbonyl (C=O) groups excluding carboxylic acids is 2. The van der Waals surface area contributed by atoms with Gasteiger partial charge in [-0.3, -0.25) is 9.59 Å². The van der Waals surface area contributed by atoms with E-state index in [1.54, 1.807) is 0 Å². The fourth-order valence-corrected chi connectivity index (χ4v) is 0.787. The minimum absolute atomic E-state index is 0.148. The van der Waals surface area contributed by atoms with Gasteiger partial charge in [-0.05, 0) is 0 Å². The van der Waals surface area contributed by atoms with Crippen molar-refractivity contribution in [1.82, 2.24) is 5.06 Å². The third-order valence-corrected chi connectivity index (χ3v) is 1.31. The molecule has 6 nitrogen and oxygen atoms in total. The second kappa shape index (κ2) is 3.21. The number of hydroxylamine groups is 3. The van der Waals surface area contributed by atoms with Gasteiger partial charge in [0.25, 0.3) is 11.8 Å². The largest absolute Gasteiger partial charge is 0.622 e. The van der Waals surface area contributed by atoms with Crippen LogP contribution >= 0.6 is 0 Å². The first-order valence-electron chi connectivity index (χ1n) is 3.37. The molecule has 66 valence electrons. The molecule has 0 aliphatic carbocycles. The summed E-state index contributed by atoms with van der Waals surface area (Å²) in [6.45, 7) is 0. The van der Waals surface area contributed by atoms with Crippen LogP contribution in [0.15, 0.2) is 0 Å². The van der Waals surface area contributed by atoms with Crippen molar-refractivity contribution in [1.29, 1.82) is 0 Å². The molecular formula is C6H8N2O4. The number of amides is 2. The monoisotopic (exact) mass is 172 g/mol. The van der Waals surface area contributed by atoms with Gasteiger partial charge in [0.15, 0.2) is 0 Å². The van der Waals surface area contributed by atoms with E-state index in [9.17, 15) is 14.8 Å². The molecule has 0 spiro atoms. The number of hydrogen-bond acceptors (Lipinski definition) is 4. The van der Waals surface area contributed by atoms with Crippen LogP contribution in [-0.4, -0.2) is 35.1 Å². The SMILES string of the molecule is C/[N+]([O-])=C\ON1C(=O)CCC1=O. The quantitative estimate of drug-likeness (QED) is 0.137. The molecule has 1 heterocycles. The average Bonchev–Trinajstić information content (AvgIpc) is 2.28. The smallest absolute Gasteiger partial charge is 0.360 e. The van der Waals surface area contributed by atoms with Crippen LogP contribution in [0.4, 0.5) is 0 Å². The Balaban J connectivity index is 2.56. The van der Waals surface area contributed by atoms with Gasteiger partial charge >= 0.3 is 6.40 Å². The van der Waals surface area contributed by atoms with Crippen molar-refractivity contribution in [2.45, 2.75) is 12.8 Å². The number of imide groups is 1. The van der Waals surface area contributed by atoms with E-state index in [2.05, 4.69) is 4.84 Å². The van der Waals surface area contributed by atoms with Gasteiger partial charge in [0.2, 0.25) is 0 Å². The minimum Gasteiger partial charge on any atom is -0.622 e. The lowest BCUT2D eigenvalue weighted by molar-refractivity contribution is -0.431. The van der Waals surface area contributed by atoms with E-state index < -0.39 is 11.8 Å². The van der Waals surface area contributed by atoms with E-state index >= 15 is 0 Å². The molecule has 0 radical (unpaired) electrons. The van der Waals surface area contributed by atoms with E-state index in [0.29, 0.717) is 9.80 Å². The standard InChI is InChI=1S/C6H8N2O4/c1-7(11)4-12-8-5(9)2-3-6(8)10/h4H,2-3H2,1H3/b7-4+. The van der Waals surface area contributed by atoms with Gasteiger partial charge in [-0.1, -0.05) is 0 Å². The van der Waals surface area contributed by atoms with Crippen LogP contribution in [0.1, 0.15) is 12.8 Å². The number of hydrogen-bond donors (Lipinski definition) is 0. The zero-order valence-electron chi connectivity index (χ0n) is 6.52. The molecule has 0 atom stereocenters. The Morgan fingerprint density at radius 3 is 2.42 bits per heavy atom. The third kappa shape index (κ3) is 1.71. The summed E-state index contributed by atoms with van der Waals surface area (Å²) in [6, 6.07) is 0. The van der Waals surface area contributed by atoms with Crippen molar-refractivity contribution in [3.63, 3.8) is 0 Å². The predicted molar refractivity (Wildman–Crippen MR) is 37.8 cm³/mol. The van der Waals surface area contributed by atoms with Crippen molar-refractivity contribution in [2.75, 3.05) is 7.05 Å². The van der Waals surface area contributed by atoms with Crippen molar-refractivity contribution in [3.05, 3.63) is 5.21 Å². The fourth-order valence-electron chi connectivity index (χ4n) is 0.787. The predicted octanol–water partition coefficient (Wildman–Crippen LogP) is -0.765. The number of nitrogens with zero attached hydrogens (tertiary/aromatic N) is 2. The topological polar surface area (TPSA) is 72.7 Å². The molecule has 12 heavy (non-hydrogen) atoms. The lowest BCUT2D eigenvalue weighted by Gasteiger charge is -2.08. The van der Waals surface area contributed by atoms with Gasteiger partial charge in [0.1, 0.15) is 7.05 Å². The van der Waals surface area contributed by atoms with Crippen LogP contribution in [0.5, 0.6) is 0 Å². The molecule has 0 aromatic carbocycles. The molecule has 1 saturated heterocycles. The summed E-state index contributed by atoms with van der Waals surface area (Å²) in [4.78, 5) is 26.2. The van der Waals surface area contributed by atoms with Crippen molar-refractivity contribution < 1.29 is 19.2 Å². The van der Waals surface area contributed by atoms with E-state index in [-0.39, 0.29) is 12.8 Å². The van der Waals surface area contributed by atoms with Gasteiger partial charge < -0.3 is 10.0 Å². The van der Waals surface area contributed by atoms with Gasteiger partial charge in [-0.2, -0.15) is 4.74 Å². The Hall–Kier alpha value is -1.59. The van der Waals surface area contributed by atoms with Crippen LogP contribution in [-0.2, 0) is 14.4 Å². The van der Waals surface area contributed by atoms with Gasteiger partial charge in [-0.15, -0.1) is 5.06 Å². The highest BCUT2D eigenvalue weighted by atomic mass is 16.7. The summed E-state index contributed by atoms with van der Waals surface area (Å²) in [6.07, 6.45) is 1.05. The van der Waals surface area contributed by atoms with Gasteiger partial charge in [0.05, 0.1) is 0 Å². The van der Waals surface area contributed by atoms with Gasteiger partial charge in [-0.25, -0.2) is 0 Å². The normalized spacial score (nSPS) is 18.8. The molecule has 0 saturated carbocycles. The first-order chi connectivity index (χ1) is 5.61. The maximum Gasteiger partial charge on any atom is 0.360 e. The van der Waals surface area contributed by atoms with E-state index in [1.165, 1.54) is 7.05 Å². The first kappa shape index (κ1) is 8.51. The Bertz CT molecular complexity index is 228. The van der Waals surface area contributed by atoms with Crippen LogP contribution in [0.2, 0.25) is 0 Å². The molecule has 0 bridgehead atoms. The number of rotatable bonds is 2. The van der Waals surface area contributed by atoms with Crippen molar-refractivity contribution >= 4 is 18.2 Å². The second-order valence-electron chi connectivity index (χ2n) is 2.34. The molecule has 1 fully saturated rings. The zero-order valence-corrected chi connectivity index (χ0v) is 6.52. The summed E-state index contributed by atoms with van der Waals surface area (Å²) < 4.78 is 0.360. The summed E-state index contributed by atoms with van der Waals surface area (Å²) in [5.41, 5.74) is 0. The Labute approximate surface area is 68.6 Å². The zero-order chi connectivity index (χ0) is 9.14. The summed E-state index contributed by atoms with van der Waals surface area (Å²) in [5, 5.41) is 10.9. The summed E-state index contributed by atoms with van der Waals surface area (Å²) in [7, 11) is 1.19. The molecule has 0 aromatic heterocycles. The lowest BCUT2D eigenvalue weighted by atomic mass is 10.4. The molecule has 1 aliphatic rings. The molecule has 0 aromatic rings. The average molecular weight is 172 g/mol. The second-order valence-corrected chi connectivity index (χ2v) is 2.34. The molecule has 0 N–H and O–H groups in total. The van der Waals surface area contributed by atoms with E-state index in [1.807, 2.05) is 0 Å². The first-order valence-corrected chi connectivity index (χ1v) is 3.37. The molecule has 0 unspecified atom stereocenters. The van der Waals surface area contributed by atoms with Crippen LogP contribution in [0.25, 0.3) is 0 Å². The maximum atomic E-state index is 10.8. The molecule has 6 heteroatoms. The summed E-state index contributed by atoms with van der Waals surface area (Å²) in [5.74, 6) is -0.837. The van der Waals surface area contributed by atoms with Crippen molar-refractivity contribution in [3.8, 4) is 0 Å². The van der Waals surface area contributed by atoms with E-state index in [4.69, 9.17) is 0 Å². The van der Waals surface area contributed by atoms with Gasteiger partial charge in [0, 0.05) is 12.8 Å². The Morgan fingerprint density at radius 1 is 1.50 bits per heavy atom. The Morgan fingerprint density at radius 2 is 2.00 bits per heavy atom. The van der Waals surface area contributed by atoms with Crippen LogP contribution < -0.4 is 0 Å². The lowest BCUT2D eigenvalue weighted by Crippen LogP contribution is -2.29. The fraction of sp³-hybridized carbons (Fsp3) is 0.500. The van der Waals surface area contributed by atoms with Crippen molar-refractivity contribution in [2.24, 2.45) is 0 Å². The molecule has 1 aliphatic heterocycles. The van der Waals surface area contributed by atoms with E-state index in [0.717, 1.165) is 6.40 Å². The maximum absolute atomic E-state index is 10.8. The minimum atomic E-state index is -0.418. The molecule has 2 amide bonds. The highest BCUT2D eigenvalue weighted by molar-refractivity contribution is 6.01. The van der Waals surface area contributed by atoms with Crippen LogP contribution in [0, 0.1) is 5.21 Å². The molecule has 1 rings (SSSR count). The number of carbonyl (C=O) groups is 2. The van der Waals surface area contributed by atoms with Crippen LogP contribution in [0.3, 0.4) is 0 Å². The highest BCUT2D eigenvalue weighted by Crippen LogP contribution is 2.10.